The molecule has 148 valence electrons. The first-order valence-corrected chi connectivity index (χ1v) is 10.6. The molecule has 28 heavy (non-hydrogen) atoms. The minimum Gasteiger partial charge on any atom is -0.356 e. The van der Waals surface area contributed by atoms with Gasteiger partial charge in [-0.2, -0.15) is 0 Å². The molecule has 1 aliphatic heterocycles. The third kappa shape index (κ3) is 5.52. The number of rotatable bonds is 5. The number of hydrogen-bond acceptors (Lipinski definition) is 4. The fourth-order valence-electron chi connectivity index (χ4n) is 3.01. The second kappa shape index (κ2) is 8.69. The number of nitrogens with one attached hydrogen (secondary N) is 2. The number of nitrogens with zero attached hydrogens (tertiary/aromatic N) is 1. The summed E-state index contributed by atoms with van der Waals surface area (Å²) in [4.78, 5) is 27.0. The van der Waals surface area contributed by atoms with E-state index in [1.54, 1.807) is 16.7 Å². The van der Waals surface area contributed by atoms with Crippen LogP contribution in [0.1, 0.15) is 27.2 Å². The van der Waals surface area contributed by atoms with Gasteiger partial charge in [0, 0.05) is 29.2 Å². The monoisotopic (exact) mass is 397 g/mol. The molecule has 0 bridgehead atoms. The lowest BCUT2D eigenvalue weighted by Gasteiger charge is -2.26. The first-order valence-electron chi connectivity index (χ1n) is 9.42. The van der Waals surface area contributed by atoms with Crippen molar-refractivity contribution in [1.29, 1.82) is 0 Å². The van der Waals surface area contributed by atoms with Gasteiger partial charge in [-0.1, -0.05) is 39.0 Å². The quantitative estimate of drug-likeness (QED) is 0.767. The average Bonchev–Trinajstić information content (AvgIpc) is 3.13. The van der Waals surface area contributed by atoms with Crippen molar-refractivity contribution in [2.24, 2.45) is 5.41 Å². The van der Waals surface area contributed by atoms with Gasteiger partial charge >= 0.3 is 0 Å². The molecular weight excluding hydrogens is 370 g/mol. The first kappa shape index (κ1) is 20.3. The molecule has 0 aromatic heterocycles. The molecule has 0 aliphatic carbocycles. The highest BCUT2D eigenvalue weighted by atomic mass is 32.2. The van der Waals surface area contributed by atoms with E-state index in [9.17, 15) is 9.59 Å². The van der Waals surface area contributed by atoms with E-state index in [0.717, 1.165) is 17.1 Å². The van der Waals surface area contributed by atoms with Crippen molar-refractivity contribution in [3.05, 3.63) is 54.6 Å². The number of amides is 2. The highest BCUT2D eigenvalue weighted by molar-refractivity contribution is 7.99. The van der Waals surface area contributed by atoms with E-state index in [2.05, 4.69) is 10.6 Å². The Hall–Kier alpha value is -2.47. The normalized spacial score (nSPS) is 16.7. The molecule has 2 N–H and O–H groups in total. The van der Waals surface area contributed by atoms with Crippen molar-refractivity contribution in [2.45, 2.75) is 33.2 Å². The summed E-state index contributed by atoms with van der Waals surface area (Å²) in [5, 5.41) is 6.26. The van der Waals surface area contributed by atoms with Gasteiger partial charge in [-0.25, -0.2) is 0 Å². The van der Waals surface area contributed by atoms with Gasteiger partial charge in [-0.3, -0.25) is 9.59 Å². The molecule has 1 aliphatic rings. The Morgan fingerprint density at radius 3 is 2.25 bits per heavy atom. The molecular formula is C22H27N3O2S. The lowest BCUT2D eigenvalue weighted by Crippen LogP contribution is -2.45. The minimum atomic E-state index is -0.415. The summed E-state index contributed by atoms with van der Waals surface area (Å²) in [6, 6.07) is 17.1. The average molecular weight is 398 g/mol. The van der Waals surface area contributed by atoms with Crippen molar-refractivity contribution in [1.82, 2.24) is 4.90 Å². The largest absolute Gasteiger partial charge is 0.356 e. The number of anilines is 3. The molecule has 0 radical (unpaired) electrons. The smallest absolute Gasteiger partial charge is 0.248 e. The van der Waals surface area contributed by atoms with E-state index in [0.29, 0.717) is 18.1 Å². The number of thioether (sulfide) groups is 1. The molecule has 1 heterocycles. The van der Waals surface area contributed by atoms with E-state index < -0.39 is 6.04 Å². The summed E-state index contributed by atoms with van der Waals surface area (Å²) in [6.45, 7) is 6.11. The van der Waals surface area contributed by atoms with Gasteiger partial charge < -0.3 is 15.5 Å². The van der Waals surface area contributed by atoms with E-state index in [1.807, 2.05) is 75.4 Å². The Kier molecular flexibility index (Phi) is 6.29. The second-order valence-electron chi connectivity index (χ2n) is 8.17. The van der Waals surface area contributed by atoms with Gasteiger partial charge in [0.25, 0.3) is 0 Å². The standard InChI is InChI=1S/C22H27N3O2S/c1-22(2,3)13-20(26)25-15-28-14-19(25)21(27)24-18-11-9-17(10-12-18)23-16-7-5-4-6-8-16/h4-12,19,23H,13-15H2,1-3H3,(H,24,27). The van der Waals surface area contributed by atoms with Crippen LogP contribution in [0.15, 0.2) is 54.6 Å². The number of para-hydroxylation sites is 1. The van der Waals surface area contributed by atoms with Crippen LogP contribution >= 0.6 is 11.8 Å². The van der Waals surface area contributed by atoms with E-state index >= 15 is 0 Å². The SMILES string of the molecule is CC(C)(C)CC(=O)N1CSCC1C(=O)Nc1ccc(Nc2ccccc2)cc1. The number of benzene rings is 2. The van der Waals surface area contributed by atoms with Crippen LogP contribution in [0.4, 0.5) is 17.1 Å². The van der Waals surface area contributed by atoms with Crippen LogP contribution in [0.3, 0.4) is 0 Å². The summed E-state index contributed by atoms with van der Waals surface area (Å²) in [5.41, 5.74) is 2.59. The van der Waals surface area contributed by atoms with Crippen LogP contribution in [-0.2, 0) is 9.59 Å². The lowest BCUT2D eigenvalue weighted by molar-refractivity contribution is -0.137. The number of carbonyl (C=O) groups excluding carboxylic acids is 2. The van der Waals surface area contributed by atoms with E-state index in [1.165, 1.54) is 0 Å². The Morgan fingerprint density at radius 2 is 1.61 bits per heavy atom. The molecule has 1 atom stereocenters. The molecule has 3 rings (SSSR count). The third-order valence-corrected chi connectivity index (χ3v) is 5.41. The van der Waals surface area contributed by atoms with Crippen molar-refractivity contribution in [2.75, 3.05) is 22.3 Å². The molecule has 1 saturated heterocycles. The van der Waals surface area contributed by atoms with Gasteiger partial charge in [0.15, 0.2) is 0 Å². The van der Waals surface area contributed by atoms with Crippen LogP contribution in [0, 0.1) is 5.41 Å². The predicted molar refractivity (Wildman–Crippen MR) is 117 cm³/mol. The molecule has 0 spiro atoms. The molecule has 1 unspecified atom stereocenters. The van der Waals surface area contributed by atoms with Gasteiger partial charge in [0.1, 0.15) is 6.04 Å². The molecule has 2 aromatic carbocycles. The maximum atomic E-state index is 12.7. The lowest BCUT2D eigenvalue weighted by atomic mass is 9.91. The molecule has 5 nitrogen and oxygen atoms in total. The maximum Gasteiger partial charge on any atom is 0.248 e. The molecule has 1 fully saturated rings. The van der Waals surface area contributed by atoms with Crippen LogP contribution < -0.4 is 10.6 Å². The summed E-state index contributed by atoms with van der Waals surface area (Å²) < 4.78 is 0. The minimum absolute atomic E-state index is 0.0417. The summed E-state index contributed by atoms with van der Waals surface area (Å²) in [5.74, 6) is 1.12. The summed E-state index contributed by atoms with van der Waals surface area (Å²) >= 11 is 1.62. The fourth-order valence-corrected chi connectivity index (χ4v) is 4.19. The van der Waals surface area contributed by atoms with E-state index in [-0.39, 0.29) is 17.2 Å². The highest BCUT2D eigenvalue weighted by Gasteiger charge is 2.35. The van der Waals surface area contributed by atoms with Crippen LogP contribution in [-0.4, -0.2) is 34.4 Å². The Morgan fingerprint density at radius 1 is 1.00 bits per heavy atom. The topological polar surface area (TPSA) is 61.4 Å². The Bertz CT molecular complexity index is 816. The van der Waals surface area contributed by atoms with Crippen molar-refractivity contribution in [3.8, 4) is 0 Å². The molecule has 2 amide bonds. The van der Waals surface area contributed by atoms with Crippen LogP contribution in [0.25, 0.3) is 0 Å². The van der Waals surface area contributed by atoms with Gasteiger partial charge in [0.2, 0.25) is 11.8 Å². The van der Waals surface area contributed by atoms with Crippen LogP contribution in [0.2, 0.25) is 0 Å². The zero-order valence-electron chi connectivity index (χ0n) is 16.6. The van der Waals surface area contributed by atoms with Crippen molar-refractivity contribution < 1.29 is 9.59 Å². The predicted octanol–water partition coefficient (Wildman–Crippen LogP) is 4.71. The maximum absolute atomic E-state index is 12.7. The van der Waals surface area contributed by atoms with Crippen molar-refractivity contribution in [3.63, 3.8) is 0 Å². The Labute approximate surface area is 170 Å². The van der Waals surface area contributed by atoms with Gasteiger partial charge in [-0.15, -0.1) is 11.8 Å². The van der Waals surface area contributed by atoms with Crippen LogP contribution in [0.5, 0.6) is 0 Å². The molecule has 0 saturated carbocycles. The number of carbonyl (C=O) groups is 2. The van der Waals surface area contributed by atoms with E-state index in [4.69, 9.17) is 0 Å². The summed E-state index contributed by atoms with van der Waals surface area (Å²) in [6.07, 6.45) is 0.442. The van der Waals surface area contributed by atoms with Gasteiger partial charge in [-0.05, 0) is 41.8 Å². The van der Waals surface area contributed by atoms with Crippen molar-refractivity contribution >= 4 is 40.6 Å². The van der Waals surface area contributed by atoms with Gasteiger partial charge in [0.05, 0.1) is 5.88 Å². The highest BCUT2D eigenvalue weighted by Crippen LogP contribution is 2.27. The zero-order chi connectivity index (χ0) is 20.1. The number of hydrogen-bond donors (Lipinski definition) is 2. The Balaban J connectivity index is 1.60. The molecule has 6 heteroatoms. The fraction of sp³-hybridized carbons (Fsp3) is 0.364. The zero-order valence-corrected chi connectivity index (χ0v) is 17.4. The second-order valence-corrected chi connectivity index (χ2v) is 9.17. The molecule has 2 aromatic rings. The first-order chi connectivity index (χ1) is 13.3. The third-order valence-electron chi connectivity index (χ3n) is 4.40. The summed E-state index contributed by atoms with van der Waals surface area (Å²) in [7, 11) is 0.